The van der Waals surface area contributed by atoms with Gasteiger partial charge in [0.25, 0.3) is 5.91 Å². The minimum Gasteiger partial charge on any atom is -0.506 e. The number of benzene rings is 2. The monoisotopic (exact) mass is 385 g/mol. The first-order valence-corrected chi connectivity index (χ1v) is 9.33. The molecule has 2 aromatic carbocycles. The van der Waals surface area contributed by atoms with Crippen molar-refractivity contribution in [2.24, 2.45) is 5.92 Å². The zero-order chi connectivity index (χ0) is 20.1. The van der Waals surface area contributed by atoms with Crippen LogP contribution in [0.5, 0.6) is 5.75 Å². The van der Waals surface area contributed by atoms with Gasteiger partial charge in [-0.2, -0.15) is 0 Å². The average Bonchev–Trinajstić information content (AvgIpc) is 2.72. The summed E-state index contributed by atoms with van der Waals surface area (Å²) in [6, 6.07) is 10.3. The van der Waals surface area contributed by atoms with E-state index in [1.807, 2.05) is 12.1 Å². The van der Waals surface area contributed by atoms with Gasteiger partial charge in [-0.15, -0.1) is 0 Å². The summed E-state index contributed by atoms with van der Waals surface area (Å²) in [5.41, 5.74) is 0.0209. The number of phenols is 1. The lowest BCUT2D eigenvalue weighted by Crippen LogP contribution is -2.42. The zero-order valence-corrected chi connectivity index (χ0v) is 15.7. The molecule has 1 saturated heterocycles. The molecule has 1 amide bonds. The van der Waals surface area contributed by atoms with Gasteiger partial charge in [-0.1, -0.05) is 30.3 Å². The molecule has 1 fully saturated rings. The van der Waals surface area contributed by atoms with Gasteiger partial charge in [0.1, 0.15) is 11.3 Å². The first kappa shape index (κ1) is 19.7. The van der Waals surface area contributed by atoms with Crippen molar-refractivity contribution in [3.05, 3.63) is 42.0 Å². The number of carbonyl (C=O) groups excluding carboxylic acids is 3. The van der Waals surface area contributed by atoms with Crippen LogP contribution in [0.4, 0.5) is 0 Å². The molecule has 0 aromatic heterocycles. The maximum atomic E-state index is 12.3. The third kappa shape index (κ3) is 4.24. The van der Waals surface area contributed by atoms with E-state index in [4.69, 9.17) is 9.47 Å². The van der Waals surface area contributed by atoms with Crippen molar-refractivity contribution >= 4 is 28.6 Å². The third-order valence-corrected chi connectivity index (χ3v) is 4.91. The normalized spacial score (nSPS) is 14.7. The molecule has 1 aliphatic rings. The summed E-state index contributed by atoms with van der Waals surface area (Å²) in [4.78, 5) is 37.9. The van der Waals surface area contributed by atoms with E-state index >= 15 is 0 Å². The van der Waals surface area contributed by atoms with E-state index in [2.05, 4.69) is 0 Å². The topological polar surface area (TPSA) is 93.1 Å². The van der Waals surface area contributed by atoms with E-state index in [1.54, 1.807) is 30.0 Å². The van der Waals surface area contributed by atoms with Crippen molar-refractivity contribution in [2.45, 2.75) is 19.8 Å². The Balaban J connectivity index is 1.55. The quantitative estimate of drug-likeness (QED) is 0.795. The Bertz CT molecular complexity index is 886. The number of esters is 2. The SMILES string of the molecule is CCOC(=O)C1CCN(C(=O)COC(=O)c2ccc3ccccc3c2O)CC1. The molecule has 0 aliphatic carbocycles. The van der Waals surface area contributed by atoms with E-state index in [0.29, 0.717) is 37.9 Å². The number of likely N-dealkylation sites (tertiary alicyclic amines) is 1. The van der Waals surface area contributed by atoms with Gasteiger partial charge in [0, 0.05) is 18.5 Å². The van der Waals surface area contributed by atoms with Crippen LogP contribution in [0.2, 0.25) is 0 Å². The molecule has 0 atom stereocenters. The van der Waals surface area contributed by atoms with Gasteiger partial charge in [0.05, 0.1) is 12.5 Å². The van der Waals surface area contributed by atoms with Crippen LogP contribution in [-0.2, 0) is 19.1 Å². The molecule has 3 rings (SSSR count). The summed E-state index contributed by atoms with van der Waals surface area (Å²) < 4.78 is 10.1. The van der Waals surface area contributed by atoms with Crippen molar-refractivity contribution in [3.63, 3.8) is 0 Å². The second-order valence-electron chi connectivity index (χ2n) is 6.67. The van der Waals surface area contributed by atoms with Gasteiger partial charge < -0.3 is 19.5 Å². The van der Waals surface area contributed by atoms with E-state index < -0.39 is 12.6 Å². The fourth-order valence-corrected chi connectivity index (χ4v) is 3.34. The van der Waals surface area contributed by atoms with Crippen LogP contribution in [-0.4, -0.2) is 54.2 Å². The molecule has 1 heterocycles. The van der Waals surface area contributed by atoms with Crippen LogP contribution in [0.15, 0.2) is 36.4 Å². The highest BCUT2D eigenvalue weighted by Crippen LogP contribution is 2.29. The molecule has 1 N–H and O–H groups in total. The molecule has 0 radical (unpaired) electrons. The number of carbonyl (C=O) groups is 3. The van der Waals surface area contributed by atoms with Crippen LogP contribution in [0.3, 0.4) is 0 Å². The van der Waals surface area contributed by atoms with E-state index in [1.165, 1.54) is 6.07 Å². The molecule has 28 heavy (non-hydrogen) atoms. The van der Waals surface area contributed by atoms with Crippen LogP contribution in [0, 0.1) is 5.92 Å². The van der Waals surface area contributed by atoms with Crippen LogP contribution >= 0.6 is 0 Å². The number of rotatable bonds is 5. The van der Waals surface area contributed by atoms with Crippen molar-refractivity contribution in [1.29, 1.82) is 0 Å². The molecule has 148 valence electrons. The molecule has 7 heteroatoms. The predicted octanol–water partition coefficient (Wildman–Crippen LogP) is 2.50. The molecule has 0 spiro atoms. The number of hydrogen-bond acceptors (Lipinski definition) is 6. The van der Waals surface area contributed by atoms with Gasteiger partial charge >= 0.3 is 11.9 Å². The zero-order valence-electron chi connectivity index (χ0n) is 15.7. The Kier molecular flexibility index (Phi) is 6.13. The molecular formula is C21H23NO6. The number of piperidine rings is 1. The third-order valence-electron chi connectivity index (χ3n) is 4.91. The largest absolute Gasteiger partial charge is 0.506 e. The Morgan fingerprint density at radius 3 is 2.50 bits per heavy atom. The summed E-state index contributed by atoms with van der Waals surface area (Å²) >= 11 is 0. The summed E-state index contributed by atoms with van der Waals surface area (Å²) in [6.45, 7) is 2.53. The fourth-order valence-electron chi connectivity index (χ4n) is 3.34. The summed E-state index contributed by atoms with van der Waals surface area (Å²) in [6.07, 6.45) is 1.06. The maximum absolute atomic E-state index is 12.3. The first-order valence-electron chi connectivity index (χ1n) is 9.33. The van der Waals surface area contributed by atoms with E-state index in [-0.39, 0.29) is 29.1 Å². The number of nitrogens with zero attached hydrogens (tertiary/aromatic N) is 1. The van der Waals surface area contributed by atoms with E-state index in [0.717, 1.165) is 5.39 Å². The lowest BCUT2D eigenvalue weighted by atomic mass is 9.97. The predicted molar refractivity (Wildman–Crippen MR) is 102 cm³/mol. The van der Waals surface area contributed by atoms with Gasteiger partial charge in [-0.05, 0) is 31.2 Å². The van der Waals surface area contributed by atoms with Crippen molar-refractivity contribution in [3.8, 4) is 5.75 Å². The number of fused-ring (bicyclic) bond motifs is 1. The number of aromatic hydroxyl groups is 1. The highest BCUT2D eigenvalue weighted by Gasteiger charge is 2.28. The number of phenolic OH excluding ortho intramolecular Hbond substituents is 1. The Morgan fingerprint density at radius 1 is 1.07 bits per heavy atom. The van der Waals surface area contributed by atoms with Crippen molar-refractivity contribution in [2.75, 3.05) is 26.3 Å². The maximum Gasteiger partial charge on any atom is 0.342 e. The Morgan fingerprint density at radius 2 is 1.79 bits per heavy atom. The molecule has 0 unspecified atom stereocenters. The van der Waals surface area contributed by atoms with Crippen LogP contribution in [0.25, 0.3) is 10.8 Å². The van der Waals surface area contributed by atoms with Crippen molar-refractivity contribution < 1.29 is 29.0 Å². The minimum atomic E-state index is -0.752. The van der Waals surface area contributed by atoms with Gasteiger partial charge in [0.15, 0.2) is 6.61 Å². The Hall–Kier alpha value is -3.09. The van der Waals surface area contributed by atoms with Crippen LogP contribution in [0.1, 0.15) is 30.1 Å². The first-order chi connectivity index (χ1) is 13.5. The molecule has 1 aliphatic heterocycles. The molecule has 0 bridgehead atoms. The second kappa shape index (κ2) is 8.73. The van der Waals surface area contributed by atoms with E-state index in [9.17, 15) is 19.5 Å². The highest BCUT2D eigenvalue weighted by atomic mass is 16.5. The number of hydrogen-bond donors (Lipinski definition) is 1. The fraction of sp³-hybridized carbons (Fsp3) is 0.381. The standard InChI is InChI=1S/C21H23NO6/c1-2-27-20(25)15-9-11-22(12-10-15)18(23)13-28-21(26)17-8-7-14-5-3-4-6-16(14)19(17)24/h3-8,15,24H,2,9-13H2,1H3. The van der Waals surface area contributed by atoms with Gasteiger partial charge in [0.2, 0.25) is 0 Å². The van der Waals surface area contributed by atoms with Crippen LogP contribution < -0.4 is 0 Å². The second-order valence-corrected chi connectivity index (χ2v) is 6.67. The average molecular weight is 385 g/mol. The molecular weight excluding hydrogens is 362 g/mol. The van der Waals surface area contributed by atoms with Crippen molar-refractivity contribution in [1.82, 2.24) is 4.90 Å². The number of amides is 1. The lowest BCUT2D eigenvalue weighted by Gasteiger charge is -2.30. The molecule has 2 aromatic rings. The van der Waals surface area contributed by atoms with Gasteiger partial charge in [-0.25, -0.2) is 4.79 Å². The highest BCUT2D eigenvalue weighted by molar-refractivity contribution is 6.01. The summed E-state index contributed by atoms with van der Waals surface area (Å²) in [5, 5.41) is 11.7. The molecule has 7 nitrogen and oxygen atoms in total. The Labute approximate surface area is 162 Å². The minimum absolute atomic E-state index is 0.0209. The van der Waals surface area contributed by atoms with Gasteiger partial charge in [-0.3, -0.25) is 9.59 Å². The summed E-state index contributed by atoms with van der Waals surface area (Å²) in [7, 11) is 0. The lowest BCUT2D eigenvalue weighted by molar-refractivity contribution is -0.151. The smallest absolute Gasteiger partial charge is 0.342 e. The molecule has 0 saturated carbocycles. The summed E-state index contributed by atoms with van der Waals surface area (Å²) in [5.74, 6) is -1.66. The number of ether oxygens (including phenoxy) is 2.